The molecule has 0 spiro atoms. The molecule has 0 saturated heterocycles. The lowest BCUT2D eigenvalue weighted by Crippen LogP contribution is -2.43. The second kappa shape index (κ2) is 9.32. The number of hydrogen-bond donors (Lipinski definition) is 1. The number of benzene rings is 1. The summed E-state index contributed by atoms with van der Waals surface area (Å²) in [7, 11) is 0. The number of carbonyl (C=O) groups is 2. The summed E-state index contributed by atoms with van der Waals surface area (Å²) < 4.78 is 7.15. The van der Waals surface area contributed by atoms with E-state index in [-0.39, 0.29) is 12.0 Å². The normalized spacial score (nSPS) is 12.0. The highest BCUT2D eigenvalue weighted by molar-refractivity contribution is 7.98. The lowest BCUT2D eigenvalue weighted by molar-refractivity contribution is -0.149. The topological polar surface area (TPSA) is 60.3 Å². The minimum atomic E-state index is -0.653. The van der Waals surface area contributed by atoms with Crippen LogP contribution in [-0.2, 0) is 9.53 Å². The number of nitrogens with one attached hydrogen (secondary N) is 1. The third-order valence-electron chi connectivity index (χ3n) is 3.58. The highest BCUT2D eigenvalue weighted by Gasteiger charge is 2.24. The number of hydrogen-bond acceptors (Lipinski definition) is 4. The van der Waals surface area contributed by atoms with Crippen LogP contribution in [0.3, 0.4) is 0 Å². The van der Waals surface area contributed by atoms with E-state index in [1.807, 2.05) is 53.5 Å². The van der Waals surface area contributed by atoms with Crippen molar-refractivity contribution in [3.05, 3.63) is 54.4 Å². The fraction of sp³-hybridized carbons (Fsp3) is 0.368. The van der Waals surface area contributed by atoms with Crippen molar-refractivity contribution in [2.24, 2.45) is 0 Å². The van der Waals surface area contributed by atoms with E-state index < -0.39 is 12.0 Å². The molecular weight excluding hydrogens is 336 g/mol. The summed E-state index contributed by atoms with van der Waals surface area (Å²) in [5.41, 5.74) is 1.29. The van der Waals surface area contributed by atoms with E-state index in [1.165, 1.54) is 0 Å². The lowest BCUT2D eigenvalue weighted by atomic mass is 10.1. The van der Waals surface area contributed by atoms with Crippen molar-refractivity contribution in [3.8, 4) is 5.69 Å². The van der Waals surface area contributed by atoms with Gasteiger partial charge >= 0.3 is 5.97 Å². The van der Waals surface area contributed by atoms with E-state index >= 15 is 0 Å². The molecule has 25 heavy (non-hydrogen) atoms. The number of para-hydroxylation sites is 1. The van der Waals surface area contributed by atoms with Crippen LogP contribution >= 0.6 is 11.8 Å². The Morgan fingerprint density at radius 1 is 1.16 bits per heavy atom. The first-order valence-corrected chi connectivity index (χ1v) is 9.65. The SMILES string of the molecule is CSCCC(NC(=O)c1ccccc1-n1cccc1)C(=O)OC(C)C. The van der Waals surface area contributed by atoms with E-state index in [0.29, 0.717) is 12.0 Å². The summed E-state index contributed by atoms with van der Waals surface area (Å²) in [5, 5.41) is 2.84. The number of rotatable bonds is 8. The number of nitrogens with zero attached hydrogens (tertiary/aromatic N) is 1. The van der Waals surface area contributed by atoms with Crippen LogP contribution < -0.4 is 5.32 Å². The van der Waals surface area contributed by atoms with Gasteiger partial charge < -0.3 is 14.6 Å². The second-order valence-corrected chi connectivity index (χ2v) is 6.89. The van der Waals surface area contributed by atoms with Gasteiger partial charge in [-0.05, 0) is 56.5 Å². The Morgan fingerprint density at radius 2 is 1.84 bits per heavy atom. The Morgan fingerprint density at radius 3 is 2.48 bits per heavy atom. The first kappa shape index (κ1) is 19.1. The molecule has 0 bridgehead atoms. The molecule has 0 aliphatic heterocycles. The van der Waals surface area contributed by atoms with Crippen LogP contribution in [0, 0.1) is 0 Å². The fourth-order valence-electron chi connectivity index (χ4n) is 2.42. The molecule has 1 N–H and O–H groups in total. The number of aromatic nitrogens is 1. The Balaban J connectivity index is 2.19. The summed E-state index contributed by atoms with van der Waals surface area (Å²) in [6, 6.07) is 10.5. The second-order valence-electron chi connectivity index (χ2n) is 5.90. The van der Waals surface area contributed by atoms with Crippen LogP contribution in [0.1, 0.15) is 30.6 Å². The molecule has 1 atom stereocenters. The van der Waals surface area contributed by atoms with E-state index in [1.54, 1.807) is 31.7 Å². The molecule has 0 aliphatic carbocycles. The first-order chi connectivity index (χ1) is 12.0. The van der Waals surface area contributed by atoms with Crippen molar-refractivity contribution in [1.29, 1.82) is 0 Å². The summed E-state index contributed by atoms with van der Waals surface area (Å²) in [4.78, 5) is 25.1. The lowest BCUT2D eigenvalue weighted by Gasteiger charge is -2.20. The molecule has 1 unspecified atom stereocenters. The molecule has 6 heteroatoms. The molecule has 5 nitrogen and oxygen atoms in total. The summed E-state index contributed by atoms with van der Waals surface area (Å²) in [5.74, 6) is 0.0872. The predicted molar refractivity (Wildman–Crippen MR) is 101 cm³/mol. The van der Waals surface area contributed by atoms with Gasteiger partial charge in [-0.2, -0.15) is 11.8 Å². The first-order valence-electron chi connectivity index (χ1n) is 8.25. The molecule has 0 saturated carbocycles. The molecule has 0 radical (unpaired) electrons. The molecule has 1 heterocycles. The largest absolute Gasteiger partial charge is 0.461 e. The monoisotopic (exact) mass is 360 g/mol. The van der Waals surface area contributed by atoms with E-state index in [9.17, 15) is 9.59 Å². The molecular formula is C19H24N2O3S. The van der Waals surface area contributed by atoms with E-state index in [4.69, 9.17) is 4.74 Å². The highest BCUT2D eigenvalue weighted by Crippen LogP contribution is 2.15. The van der Waals surface area contributed by atoms with Gasteiger partial charge in [-0.25, -0.2) is 4.79 Å². The van der Waals surface area contributed by atoms with Gasteiger partial charge in [-0.15, -0.1) is 0 Å². The number of carbonyl (C=O) groups excluding carboxylic acids is 2. The maximum atomic E-state index is 12.8. The fourth-order valence-corrected chi connectivity index (χ4v) is 2.89. The number of esters is 1. The quantitative estimate of drug-likeness (QED) is 0.734. The third kappa shape index (κ3) is 5.39. The van der Waals surface area contributed by atoms with Crippen molar-refractivity contribution >= 4 is 23.6 Å². The number of amides is 1. The molecule has 1 aromatic heterocycles. The Kier molecular flexibility index (Phi) is 7.13. The van der Waals surface area contributed by atoms with Crippen molar-refractivity contribution in [2.75, 3.05) is 12.0 Å². The number of thioether (sulfide) groups is 1. The van der Waals surface area contributed by atoms with Gasteiger partial charge in [-0.3, -0.25) is 4.79 Å². The Hall–Kier alpha value is -2.21. The van der Waals surface area contributed by atoms with Crippen LogP contribution in [0.25, 0.3) is 5.69 Å². The summed E-state index contributed by atoms with van der Waals surface area (Å²) >= 11 is 1.63. The van der Waals surface area contributed by atoms with Gasteiger partial charge in [0.15, 0.2) is 0 Å². The maximum Gasteiger partial charge on any atom is 0.328 e. The Labute approximate surface area is 152 Å². The standard InChI is InChI=1S/C19H24N2O3S/c1-14(2)24-19(23)16(10-13-25-3)20-18(22)15-8-4-5-9-17(15)21-11-6-7-12-21/h4-9,11-12,14,16H,10,13H2,1-3H3,(H,20,22). The maximum absolute atomic E-state index is 12.8. The third-order valence-corrected chi connectivity index (χ3v) is 4.23. The average molecular weight is 360 g/mol. The van der Waals surface area contributed by atoms with Crippen molar-refractivity contribution in [2.45, 2.75) is 32.4 Å². The van der Waals surface area contributed by atoms with Gasteiger partial charge in [0.1, 0.15) is 6.04 Å². The van der Waals surface area contributed by atoms with Crippen LogP contribution in [0.4, 0.5) is 0 Å². The zero-order valence-electron chi connectivity index (χ0n) is 14.8. The minimum Gasteiger partial charge on any atom is -0.461 e. The van der Waals surface area contributed by atoms with Gasteiger partial charge in [0.25, 0.3) is 5.91 Å². The molecule has 2 aromatic rings. The minimum absolute atomic E-state index is 0.214. The van der Waals surface area contributed by atoms with Gasteiger partial charge in [0.05, 0.1) is 17.4 Å². The van der Waals surface area contributed by atoms with Gasteiger partial charge in [0, 0.05) is 12.4 Å². The van der Waals surface area contributed by atoms with Crippen LogP contribution in [0.2, 0.25) is 0 Å². The summed E-state index contributed by atoms with van der Waals surface area (Å²) in [6.45, 7) is 3.60. The van der Waals surface area contributed by atoms with Crippen LogP contribution in [0.15, 0.2) is 48.8 Å². The molecule has 134 valence electrons. The molecule has 0 aliphatic rings. The predicted octanol–water partition coefficient (Wildman–Crippen LogP) is 3.28. The van der Waals surface area contributed by atoms with E-state index in [2.05, 4.69) is 5.32 Å². The zero-order valence-corrected chi connectivity index (χ0v) is 15.6. The van der Waals surface area contributed by atoms with Crippen molar-refractivity contribution in [3.63, 3.8) is 0 Å². The van der Waals surface area contributed by atoms with Gasteiger partial charge in [-0.1, -0.05) is 12.1 Å². The van der Waals surface area contributed by atoms with Crippen molar-refractivity contribution in [1.82, 2.24) is 9.88 Å². The molecule has 2 rings (SSSR count). The van der Waals surface area contributed by atoms with Crippen LogP contribution in [0.5, 0.6) is 0 Å². The van der Waals surface area contributed by atoms with Crippen LogP contribution in [-0.4, -0.2) is 40.6 Å². The van der Waals surface area contributed by atoms with E-state index in [0.717, 1.165) is 11.4 Å². The Bertz CT molecular complexity index is 698. The van der Waals surface area contributed by atoms with Gasteiger partial charge in [0.2, 0.25) is 0 Å². The average Bonchev–Trinajstić information content (AvgIpc) is 3.12. The smallest absolute Gasteiger partial charge is 0.328 e. The molecule has 1 amide bonds. The molecule has 0 fully saturated rings. The molecule has 1 aromatic carbocycles. The number of ether oxygens (including phenoxy) is 1. The van der Waals surface area contributed by atoms with Crippen molar-refractivity contribution < 1.29 is 14.3 Å². The zero-order chi connectivity index (χ0) is 18.2. The summed E-state index contributed by atoms with van der Waals surface area (Å²) in [6.07, 6.45) is 6.04. The highest BCUT2D eigenvalue weighted by atomic mass is 32.2.